The summed E-state index contributed by atoms with van der Waals surface area (Å²) in [6.07, 6.45) is 0. The molecule has 0 fully saturated rings. The lowest BCUT2D eigenvalue weighted by Crippen LogP contribution is -2.35. The molecule has 2 rings (SSSR count). The van der Waals surface area contributed by atoms with Gasteiger partial charge in [-0.2, -0.15) is 0 Å². The molecule has 0 aromatic heterocycles. The molecule has 0 radical (unpaired) electrons. The van der Waals surface area contributed by atoms with Crippen LogP contribution in [0.3, 0.4) is 0 Å². The maximum Gasteiger partial charge on any atom is 0.397 e. The van der Waals surface area contributed by atoms with E-state index >= 15 is 0 Å². The van der Waals surface area contributed by atoms with E-state index in [-0.39, 0.29) is 11.5 Å². The largest absolute Gasteiger partial charge is 0.459 e. The molecule has 0 bridgehead atoms. The Labute approximate surface area is 144 Å². The fourth-order valence-corrected chi connectivity index (χ4v) is 2.15. The summed E-state index contributed by atoms with van der Waals surface area (Å²) >= 11 is 0. The van der Waals surface area contributed by atoms with Crippen molar-refractivity contribution in [1.82, 2.24) is 0 Å². The highest BCUT2D eigenvalue weighted by molar-refractivity contribution is 6.40. The molecule has 10 heteroatoms. The zero-order valence-electron chi connectivity index (χ0n) is 13.2. The monoisotopic (exact) mass is 368 g/mol. The Morgan fingerprint density at radius 2 is 1.77 bits per heavy atom. The molecule has 0 saturated carbocycles. The molecule has 0 aliphatic rings. The van der Waals surface area contributed by atoms with Gasteiger partial charge in [0.2, 0.25) is 0 Å². The molecule has 7 nitrogen and oxygen atoms in total. The van der Waals surface area contributed by atoms with Crippen LogP contribution in [0.5, 0.6) is 0 Å². The first kappa shape index (κ1) is 18.9. The SMILES string of the molecule is CCOC(=O)C(=O)N(c1ccc(F)cc1[N+](=O)[O-])c1c(F)cccc1F. The number of rotatable bonds is 4. The van der Waals surface area contributed by atoms with Crippen molar-refractivity contribution in [2.75, 3.05) is 11.5 Å². The summed E-state index contributed by atoms with van der Waals surface area (Å²) in [5, 5.41) is 11.2. The van der Waals surface area contributed by atoms with Crippen molar-refractivity contribution in [2.24, 2.45) is 0 Å². The average molecular weight is 368 g/mol. The molecule has 136 valence electrons. The van der Waals surface area contributed by atoms with Crippen LogP contribution in [-0.2, 0) is 14.3 Å². The van der Waals surface area contributed by atoms with Crippen LogP contribution in [0.2, 0.25) is 0 Å². The third kappa shape index (κ3) is 3.63. The summed E-state index contributed by atoms with van der Waals surface area (Å²) < 4.78 is 46.2. The van der Waals surface area contributed by atoms with Crippen molar-refractivity contribution in [2.45, 2.75) is 6.92 Å². The van der Waals surface area contributed by atoms with E-state index in [1.807, 2.05) is 0 Å². The van der Waals surface area contributed by atoms with Crippen LogP contribution < -0.4 is 4.90 Å². The Bertz CT molecular complexity index is 868. The summed E-state index contributed by atoms with van der Waals surface area (Å²) in [5.41, 5.74) is -2.69. The van der Waals surface area contributed by atoms with Crippen molar-refractivity contribution in [3.8, 4) is 0 Å². The normalized spacial score (nSPS) is 10.3. The number of hydrogen-bond donors (Lipinski definition) is 0. The van der Waals surface area contributed by atoms with E-state index in [9.17, 15) is 32.9 Å². The smallest absolute Gasteiger partial charge is 0.397 e. The summed E-state index contributed by atoms with van der Waals surface area (Å²) in [6.45, 7) is 1.17. The Hall–Kier alpha value is -3.43. The van der Waals surface area contributed by atoms with E-state index in [2.05, 4.69) is 4.74 Å². The molecule has 0 spiro atoms. The summed E-state index contributed by atoms with van der Waals surface area (Å²) in [4.78, 5) is 34.5. The van der Waals surface area contributed by atoms with Crippen LogP contribution in [0.25, 0.3) is 0 Å². The molecule has 0 aliphatic carbocycles. The fraction of sp³-hybridized carbons (Fsp3) is 0.125. The van der Waals surface area contributed by atoms with Gasteiger partial charge in [-0.3, -0.25) is 19.8 Å². The number of anilines is 2. The zero-order valence-corrected chi connectivity index (χ0v) is 13.2. The highest BCUT2D eigenvalue weighted by Gasteiger charge is 2.34. The number of amides is 1. The second-order valence-electron chi connectivity index (χ2n) is 4.82. The molecule has 0 heterocycles. The van der Waals surface area contributed by atoms with Crippen LogP contribution in [0.1, 0.15) is 6.92 Å². The Kier molecular flexibility index (Phi) is 5.55. The van der Waals surface area contributed by atoms with Crippen molar-refractivity contribution >= 4 is 28.9 Å². The van der Waals surface area contributed by atoms with Crippen LogP contribution in [0, 0.1) is 27.6 Å². The van der Waals surface area contributed by atoms with Gasteiger partial charge in [-0.25, -0.2) is 18.0 Å². The third-order valence-electron chi connectivity index (χ3n) is 3.19. The van der Waals surface area contributed by atoms with Crippen molar-refractivity contribution in [3.05, 3.63) is 64.0 Å². The van der Waals surface area contributed by atoms with E-state index in [0.717, 1.165) is 30.3 Å². The quantitative estimate of drug-likeness (QED) is 0.358. The van der Waals surface area contributed by atoms with Crippen molar-refractivity contribution in [3.63, 3.8) is 0 Å². The number of hydrogen-bond acceptors (Lipinski definition) is 5. The van der Waals surface area contributed by atoms with Crippen LogP contribution >= 0.6 is 0 Å². The summed E-state index contributed by atoms with van der Waals surface area (Å²) in [7, 11) is 0. The molecule has 0 N–H and O–H groups in total. The Morgan fingerprint density at radius 1 is 1.15 bits per heavy atom. The minimum atomic E-state index is -1.58. The van der Waals surface area contributed by atoms with Gasteiger partial charge in [0.05, 0.1) is 17.6 Å². The highest BCUT2D eigenvalue weighted by Crippen LogP contribution is 2.37. The summed E-state index contributed by atoms with van der Waals surface area (Å²) in [6, 6.07) is 4.54. The number of ether oxygens (including phenoxy) is 1. The lowest BCUT2D eigenvalue weighted by molar-refractivity contribution is -0.384. The first-order chi connectivity index (χ1) is 12.3. The number of nitrogens with zero attached hydrogens (tertiary/aromatic N) is 2. The molecule has 2 aromatic rings. The van der Waals surface area contributed by atoms with E-state index in [1.54, 1.807) is 0 Å². The topological polar surface area (TPSA) is 89.8 Å². The molecular formula is C16H11F3N2O5. The number of carbonyl (C=O) groups excluding carboxylic acids is 2. The minimum absolute atomic E-state index is 0.153. The Balaban J connectivity index is 2.76. The van der Waals surface area contributed by atoms with Gasteiger partial charge < -0.3 is 4.74 Å². The highest BCUT2D eigenvalue weighted by atomic mass is 19.1. The van der Waals surface area contributed by atoms with Gasteiger partial charge in [0.1, 0.15) is 28.8 Å². The average Bonchev–Trinajstić information content (AvgIpc) is 2.58. The second-order valence-corrected chi connectivity index (χ2v) is 4.82. The van der Waals surface area contributed by atoms with Gasteiger partial charge in [-0.1, -0.05) is 6.07 Å². The molecule has 2 aromatic carbocycles. The molecule has 0 aliphatic heterocycles. The van der Waals surface area contributed by atoms with Crippen LogP contribution in [-0.4, -0.2) is 23.4 Å². The maximum atomic E-state index is 14.2. The standard InChI is InChI=1S/C16H11F3N2O5/c1-2-26-16(23)15(22)20(14-10(18)4-3-5-11(14)19)12-7-6-9(17)8-13(12)21(24)25/h3-8H,2H2,1H3. The van der Waals surface area contributed by atoms with E-state index in [0.29, 0.717) is 6.07 Å². The van der Waals surface area contributed by atoms with Gasteiger partial charge in [-0.05, 0) is 31.2 Å². The van der Waals surface area contributed by atoms with Gasteiger partial charge in [-0.15, -0.1) is 0 Å². The number of benzene rings is 2. The molecular weight excluding hydrogens is 357 g/mol. The number of nitro benzene ring substituents is 1. The van der Waals surface area contributed by atoms with Crippen LogP contribution in [0.4, 0.5) is 30.2 Å². The number of carbonyl (C=O) groups is 2. The van der Waals surface area contributed by atoms with Gasteiger partial charge >= 0.3 is 11.9 Å². The number of para-hydroxylation sites is 1. The van der Waals surface area contributed by atoms with Crippen molar-refractivity contribution in [1.29, 1.82) is 0 Å². The second kappa shape index (κ2) is 7.64. The van der Waals surface area contributed by atoms with E-state index < -0.39 is 51.3 Å². The van der Waals surface area contributed by atoms with Crippen LogP contribution in [0.15, 0.2) is 36.4 Å². The van der Waals surface area contributed by atoms with Crippen molar-refractivity contribution < 1.29 is 32.4 Å². The number of nitro groups is 1. The molecule has 0 atom stereocenters. The van der Waals surface area contributed by atoms with E-state index in [1.165, 1.54) is 6.92 Å². The van der Waals surface area contributed by atoms with Gasteiger partial charge in [0, 0.05) is 0 Å². The third-order valence-corrected chi connectivity index (χ3v) is 3.19. The maximum absolute atomic E-state index is 14.2. The van der Waals surface area contributed by atoms with Gasteiger partial charge in [0.25, 0.3) is 5.69 Å². The predicted molar refractivity (Wildman–Crippen MR) is 83.2 cm³/mol. The lowest BCUT2D eigenvalue weighted by Gasteiger charge is -2.22. The fourth-order valence-electron chi connectivity index (χ4n) is 2.15. The Morgan fingerprint density at radius 3 is 2.31 bits per heavy atom. The molecule has 1 amide bonds. The number of esters is 1. The minimum Gasteiger partial charge on any atom is -0.459 e. The zero-order chi connectivity index (χ0) is 19.4. The summed E-state index contributed by atoms with van der Waals surface area (Å²) in [5.74, 6) is -6.61. The molecule has 0 saturated heterocycles. The lowest BCUT2D eigenvalue weighted by atomic mass is 10.2. The number of halogens is 3. The molecule has 26 heavy (non-hydrogen) atoms. The van der Waals surface area contributed by atoms with E-state index in [4.69, 9.17) is 0 Å². The first-order valence-corrected chi connectivity index (χ1v) is 7.17. The van der Waals surface area contributed by atoms with Gasteiger partial charge in [0.15, 0.2) is 0 Å². The first-order valence-electron chi connectivity index (χ1n) is 7.17. The molecule has 0 unspecified atom stereocenters. The predicted octanol–water partition coefficient (Wildman–Crippen LogP) is 3.24.